The molecule has 6 heteroatoms. The van der Waals surface area contributed by atoms with E-state index in [1.54, 1.807) is 12.1 Å². The molecule has 18 heavy (non-hydrogen) atoms. The molecule has 0 aromatic heterocycles. The first kappa shape index (κ1) is 13.8. The summed E-state index contributed by atoms with van der Waals surface area (Å²) in [7, 11) is 4.39. The van der Waals surface area contributed by atoms with Gasteiger partial charge in [-0.25, -0.2) is 0 Å². The van der Waals surface area contributed by atoms with Crippen LogP contribution in [0.4, 0.5) is 0 Å². The van der Waals surface area contributed by atoms with E-state index in [4.69, 9.17) is 14.6 Å². The summed E-state index contributed by atoms with van der Waals surface area (Å²) in [5.74, 6) is -0.522. The molecule has 98 valence electrons. The normalized spacial score (nSPS) is 9.72. The number of carbonyl (C=O) groups is 2. The maximum absolute atomic E-state index is 11.9. The number of benzene rings is 1. The lowest BCUT2D eigenvalue weighted by Crippen LogP contribution is -2.31. The van der Waals surface area contributed by atoms with Gasteiger partial charge in [-0.05, 0) is 18.2 Å². The number of likely N-dealkylation sites (N-methyl/N-ethyl adjacent to an activating group) is 1. The van der Waals surface area contributed by atoms with Crippen LogP contribution in [0.1, 0.15) is 10.4 Å². The van der Waals surface area contributed by atoms with Crippen molar-refractivity contribution in [1.82, 2.24) is 4.90 Å². The van der Waals surface area contributed by atoms with E-state index in [-0.39, 0.29) is 6.54 Å². The van der Waals surface area contributed by atoms with Crippen LogP contribution in [0.2, 0.25) is 0 Å². The van der Waals surface area contributed by atoms with Crippen molar-refractivity contribution in [2.24, 2.45) is 0 Å². The highest BCUT2D eigenvalue weighted by molar-refractivity contribution is 5.96. The largest absolute Gasteiger partial charge is 0.493 e. The standard InChI is InChI=1S/C12H15NO5/c1-13(7-11(14)15)12(16)8-4-5-9(17-2)10(6-8)18-3/h4-6H,7H2,1-3H3,(H,14,15). The first-order valence-electron chi connectivity index (χ1n) is 5.19. The van der Waals surface area contributed by atoms with Crippen LogP contribution < -0.4 is 9.47 Å². The summed E-state index contributed by atoms with van der Waals surface area (Å²) in [5, 5.41) is 8.62. The number of ether oxygens (including phenoxy) is 2. The van der Waals surface area contributed by atoms with Crippen molar-refractivity contribution in [2.75, 3.05) is 27.8 Å². The number of nitrogens with zero attached hydrogens (tertiary/aromatic N) is 1. The minimum atomic E-state index is -1.06. The fourth-order valence-electron chi connectivity index (χ4n) is 1.46. The number of hydrogen-bond donors (Lipinski definition) is 1. The third-order valence-corrected chi connectivity index (χ3v) is 2.35. The van der Waals surface area contributed by atoms with Crippen LogP contribution in [-0.2, 0) is 4.79 Å². The van der Waals surface area contributed by atoms with Crippen molar-refractivity contribution in [1.29, 1.82) is 0 Å². The van der Waals surface area contributed by atoms with Gasteiger partial charge < -0.3 is 19.5 Å². The van der Waals surface area contributed by atoms with Gasteiger partial charge in [-0.3, -0.25) is 9.59 Å². The van der Waals surface area contributed by atoms with Crippen molar-refractivity contribution in [3.05, 3.63) is 23.8 Å². The van der Waals surface area contributed by atoms with E-state index in [9.17, 15) is 9.59 Å². The molecule has 0 aliphatic heterocycles. The number of aliphatic carboxylic acids is 1. The van der Waals surface area contributed by atoms with Gasteiger partial charge in [0.1, 0.15) is 6.54 Å². The predicted octanol–water partition coefficient (Wildman–Crippen LogP) is 0.860. The highest BCUT2D eigenvalue weighted by atomic mass is 16.5. The minimum Gasteiger partial charge on any atom is -0.493 e. The molecule has 0 aliphatic carbocycles. The molecule has 0 aliphatic rings. The Balaban J connectivity index is 2.96. The third-order valence-electron chi connectivity index (χ3n) is 2.35. The van der Waals surface area contributed by atoms with Crippen molar-refractivity contribution in [3.63, 3.8) is 0 Å². The molecule has 0 saturated heterocycles. The second kappa shape index (κ2) is 5.90. The number of amides is 1. The van der Waals surface area contributed by atoms with Crippen molar-refractivity contribution in [3.8, 4) is 11.5 Å². The number of rotatable bonds is 5. The Morgan fingerprint density at radius 2 is 1.83 bits per heavy atom. The van der Waals surface area contributed by atoms with E-state index < -0.39 is 11.9 Å². The molecular weight excluding hydrogens is 238 g/mol. The van der Waals surface area contributed by atoms with Gasteiger partial charge in [-0.2, -0.15) is 0 Å². The van der Waals surface area contributed by atoms with Crippen LogP contribution in [0.15, 0.2) is 18.2 Å². The molecule has 1 amide bonds. The maximum Gasteiger partial charge on any atom is 0.323 e. The molecule has 1 N–H and O–H groups in total. The van der Waals surface area contributed by atoms with Crippen molar-refractivity contribution in [2.45, 2.75) is 0 Å². The van der Waals surface area contributed by atoms with Crippen LogP contribution in [0.3, 0.4) is 0 Å². The zero-order valence-electron chi connectivity index (χ0n) is 10.5. The Kier molecular flexibility index (Phi) is 4.53. The highest BCUT2D eigenvalue weighted by Crippen LogP contribution is 2.27. The topological polar surface area (TPSA) is 76.1 Å². The summed E-state index contributed by atoms with van der Waals surface area (Å²) >= 11 is 0. The lowest BCUT2D eigenvalue weighted by atomic mass is 10.1. The third kappa shape index (κ3) is 3.13. The van der Waals surface area contributed by atoms with E-state index in [1.165, 1.54) is 27.3 Å². The number of carboxylic acids is 1. The Morgan fingerprint density at radius 3 is 2.33 bits per heavy atom. The zero-order valence-corrected chi connectivity index (χ0v) is 10.5. The van der Waals surface area contributed by atoms with E-state index in [1.807, 2.05) is 0 Å². The molecule has 0 unspecified atom stereocenters. The molecule has 1 aromatic rings. The molecule has 0 heterocycles. The summed E-state index contributed by atoms with van der Waals surface area (Å²) in [5.41, 5.74) is 0.344. The molecule has 0 bridgehead atoms. The first-order valence-corrected chi connectivity index (χ1v) is 5.19. The lowest BCUT2D eigenvalue weighted by molar-refractivity contribution is -0.137. The SMILES string of the molecule is COc1ccc(C(=O)N(C)CC(=O)O)cc1OC. The highest BCUT2D eigenvalue weighted by Gasteiger charge is 2.16. The van der Waals surface area contributed by atoms with E-state index in [0.29, 0.717) is 17.1 Å². The monoisotopic (exact) mass is 253 g/mol. The van der Waals surface area contributed by atoms with Gasteiger partial charge in [0.15, 0.2) is 11.5 Å². The van der Waals surface area contributed by atoms with Gasteiger partial charge in [0.2, 0.25) is 0 Å². The van der Waals surface area contributed by atoms with Gasteiger partial charge in [-0.15, -0.1) is 0 Å². The fourth-order valence-corrected chi connectivity index (χ4v) is 1.46. The van der Waals surface area contributed by atoms with Crippen LogP contribution >= 0.6 is 0 Å². The number of methoxy groups -OCH3 is 2. The summed E-state index contributed by atoms with van der Waals surface area (Å²) in [6.07, 6.45) is 0. The second-order valence-electron chi connectivity index (χ2n) is 3.62. The summed E-state index contributed by atoms with van der Waals surface area (Å²) in [4.78, 5) is 23.6. The molecule has 0 spiro atoms. The Hall–Kier alpha value is -2.24. The van der Waals surface area contributed by atoms with Gasteiger partial charge in [0, 0.05) is 12.6 Å². The molecule has 1 rings (SSSR count). The van der Waals surface area contributed by atoms with Crippen LogP contribution in [0, 0.1) is 0 Å². The predicted molar refractivity (Wildman–Crippen MR) is 64.1 cm³/mol. The van der Waals surface area contributed by atoms with E-state index in [0.717, 1.165) is 4.90 Å². The van der Waals surface area contributed by atoms with Gasteiger partial charge in [0.05, 0.1) is 14.2 Å². The number of carbonyl (C=O) groups excluding carboxylic acids is 1. The zero-order chi connectivity index (χ0) is 13.7. The molecule has 0 atom stereocenters. The Labute approximate surface area is 105 Å². The minimum absolute atomic E-state index is 0.344. The molecular formula is C12H15NO5. The van der Waals surface area contributed by atoms with Crippen LogP contribution in [-0.4, -0.2) is 49.7 Å². The van der Waals surface area contributed by atoms with Crippen LogP contribution in [0.5, 0.6) is 11.5 Å². The molecule has 6 nitrogen and oxygen atoms in total. The average molecular weight is 253 g/mol. The first-order chi connectivity index (χ1) is 8.49. The second-order valence-corrected chi connectivity index (χ2v) is 3.62. The van der Waals surface area contributed by atoms with Crippen molar-refractivity contribution >= 4 is 11.9 Å². The van der Waals surface area contributed by atoms with E-state index in [2.05, 4.69) is 0 Å². The fraction of sp³-hybridized carbons (Fsp3) is 0.333. The molecule has 1 aromatic carbocycles. The van der Waals surface area contributed by atoms with Gasteiger partial charge >= 0.3 is 5.97 Å². The van der Waals surface area contributed by atoms with Crippen LogP contribution in [0.25, 0.3) is 0 Å². The summed E-state index contributed by atoms with van der Waals surface area (Å²) in [6.45, 7) is -0.354. The Bertz CT molecular complexity index is 458. The van der Waals surface area contributed by atoms with Gasteiger partial charge in [0.25, 0.3) is 5.91 Å². The van der Waals surface area contributed by atoms with E-state index >= 15 is 0 Å². The lowest BCUT2D eigenvalue weighted by Gasteiger charge is -2.15. The number of carboxylic acid groups (broad SMARTS) is 1. The average Bonchev–Trinajstić information content (AvgIpc) is 2.36. The van der Waals surface area contributed by atoms with Crippen molar-refractivity contribution < 1.29 is 24.2 Å². The summed E-state index contributed by atoms with van der Waals surface area (Å²) < 4.78 is 10.1. The summed E-state index contributed by atoms with van der Waals surface area (Å²) in [6, 6.07) is 4.67. The molecule has 0 radical (unpaired) electrons. The van der Waals surface area contributed by atoms with Gasteiger partial charge in [-0.1, -0.05) is 0 Å². The Morgan fingerprint density at radius 1 is 1.22 bits per heavy atom. The quantitative estimate of drug-likeness (QED) is 0.842. The molecule has 0 fully saturated rings. The number of hydrogen-bond acceptors (Lipinski definition) is 4. The molecule has 0 saturated carbocycles. The smallest absolute Gasteiger partial charge is 0.323 e. The maximum atomic E-state index is 11.9.